The van der Waals surface area contributed by atoms with E-state index in [1.165, 1.54) is 13.2 Å². The largest absolute Gasteiger partial charge is 0.494 e. The molecule has 0 radical (unpaired) electrons. The summed E-state index contributed by atoms with van der Waals surface area (Å²) >= 11 is 0. The van der Waals surface area contributed by atoms with Crippen LogP contribution in [0, 0.1) is 5.82 Å². The maximum absolute atomic E-state index is 13.6. The Morgan fingerprint density at radius 2 is 2.37 bits per heavy atom. The summed E-state index contributed by atoms with van der Waals surface area (Å²) in [6, 6.07) is 5.13. The molecule has 0 aliphatic carbocycles. The molecule has 0 spiro atoms. The van der Waals surface area contributed by atoms with Crippen LogP contribution in [-0.2, 0) is 0 Å². The molecular weight excluding hydrogens is 245 g/mol. The van der Waals surface area contributed by atoms with Crippen molar-refractivity contribution in [2.24, 2.45) is 5.73 Å². The van der Waals surface area contributed by atoms with Crippen LogP contribution in [0.2, 0.25) is 0 Å². The Kier molecular flexibility index (Phi) is 4.74. The molecule has 106 valence electrons. The van der Waals surface area contributed by atoms with Gasteiger partial charge in [-0.2, -0.15) is 0 Å². The first kappa shape index (κ1) is 14.2. The molecule has 1 heterocycles. The van der Waals surface area contributed by atoms with Crippen molar-refractivity contribution in [1.82, 2.24) is 10.2 Å². The number of benzene rings is 1. The number of piperazine rings is 1. The van der Waals surface area contributed by atoms with E-state index in [0.29, 0.717) is 6.04 Å². The summed E-state index contributed by atoms with van der Waals surface area (Å²) in [7, 11) is 3.56. The Morgan fingerprint density at radius 1 is 1.58 bits per heavy atom. The van der Waals surface area contributed by atoms with Crippen LogP contribution in [0.25, 0.3) is 0 Å². The van der Waals surface area contributed by atoms with E-state index in [-0.39, 0.29) is 17.6 Å². The van der Waals surface area contributed by atoms with Crippen LogP contribution in [0.1, 0.15) is 18.0 Å². The number of ether oxygens (including phenoxy) is 1. The highest BCUT2D eigenvalue weighted by atomic mass is 19.1. The summed E-state index contributed by atoms with van der Waals surface area (Å²) in [6.07, 6.45) is 0.802. The second kappa shape index (κ2) is 6.32. The molecule has 3 N–H and O–H groups in total. The van der Waals surface area contributed by atoms with Crippen LogP contribution in [-0.4, -0.2) is 44.7 Å². The Labute approximate surface area is 113 Å². The van der Waals surface area contributed by atoms with E-state index in [1.807, 2.05) is 6.07 Å². The minimum atomic E-state index is -0.357. The van der Waals surface area contributed by atoms with E-state index in [1.54, 1.807) is 6.07 Å². The predicted molar refractivity (Wildman–Crippen MR) is 73.8 cm³/mol. The number of likely N-dealkylation sites (N-methyl/N-ethyl adjacent to an activating group) is 1. The van der Waals surface area contributed by atoms with Gasteiger partial charge in [-0.1, -0.05) is 6.07 Å². The first-order valence-corrected chi connectivity index (χ1v) is 6.61. The first-order chi connectivity index (χ1) is 9.10. The fourth-order valence-corrected chi connectivity index (χ4v) is 2.51. The van der Waals surface area contributed by atoms with Crippen molar-refractivity contribution < 1.29 is 9.13 Å². The monoisotopic (exact) mass is 267 g/mol. The van der Waals surface area contributed by atoms with Crippen molar-refractivity contribution >= 4 is 0 Å². The predicted octanol–water partition coefficient (Wildman–Crippen LogP) is 1.13. The summed E-state index contributed by atoms with van der Waals surface area (Å²) in [5.41, 5.74) is 6.98. The SMILES string of the molecule is COc1ccc(C(N)CC2CN(C)CCN2)cc1F. The molecule has 1 aromatic rings. The number of halogens is 1. The Bertz CT molecular complexity index is 427. The normalized spacial score (nSPS) is 22.2. The number of nitrogens with two attached hydrogens (primary N) is 1. The van der Waals surface area contributed by atoms with Crippen LogP contribution in [0.15, 0.2) is 18.2 Å². The van der Waals surface area contributed by atoms with Crippen molar-refractivity contribution in [3.63, 3.8) is 0 Å². The summed E-state index contributed by atoms with van der Waals surface area (Å²) in [5.74, 6) is -0.101. The fourth-order valence-electron chi connectivity index (χ4n) is 2.51. The maximum atomic E-state index is 13.6. The molecule has 1 aliphatic rings. The zero-order chi connectivity index (χ0) is 13.8. The highest BCUT2D eigenvalue weighted by molar-refractivity contribution is 5.31. The molecule has 2 unspecified atom stereocenters. The van der Waals surface area contributed by atoms with Gasteiger partial charge in [-0.15, -0.1) is 0 Å². The van der Waals surface area contributed by atoms with E-state index in [0.717, 1.165) is 31.6 Å². The molecule has 2 rings (SSSR count). The van der Waals surface area contributed by atoms with Gasteiger partial charge in [-0.05, 0) is 31.2 Å². The quantitative estimate of drug-likeness (QED) is 0.858. The summed E-state index contributed by atoms with van der Waals surface area (Å²) < 4.78 is 18.6. The Hall–Kier alpha value is -1.17. The lowest BCUT2D eigenvalue weighted by Crippen LogP contribution is -2.49. The van der Waals surface area contributed by atoms with Gasteiger partial charge >= 0.3 is 0 Å². The first-order valence-electron chi connectivity index (χ1n) is 6.61. The van der Waals surface area contributed by atoms with Gasteiger partial charge < -0.3 is 20.7 Å². The lowest BCUT2D eigenvalue weighted by Gasteiger charge is -2.32. The Balaban J connectivity index is 1.99. The maximum Gasteiger partial charge on any atom is 0.165 e. The van der Waals surface area contributed by atoms with Crippen molar-refractivity contribution in [3.8, 4) is 5.75 Å². The van der Waals surface area contributed by atoms with Crippen molar-refractivity contribution in [2.45, 2.75) is 18.5 Å². The van der Waals surface area contributed by atoms with Gasteiger partial charge in [0.15, 0.2) is 11.6 Å². The second-order valence-electron chi connectivity index (χ2n) is 5.15. The van der Waals surface area contributed by atoms with Crippen LogP contribution < -0.4 is 15.8 Å². The molecular formula is C14H22FN3O. The summed E-state index contributed by atoms with van der Waals surface area (Å²) in [6.45, 7) is 3.01. The van der Waals surface area contributed by atoms with Gasteiger partial charge in [0.05, 0.1) is 7.11 Å². The molecule has 1 fully saturated rings. The number of hydrogen-bond donors (Lipinski definition) is 2. The van der Waals surface area contributed by atoms with Crippen LogP contribution in [0.3, 0.4) is 0 Å². The Morgan fingerprint density at radius 3 is 3.00 bits per heavy atom. The zero-order valence-electron chi connectivity index (χ0n) is 11.5. The summed E-state index contributed by atoms with van der Waals surface area (Å²) in [5, 5.41) is 3.45. The van der Waals surface area contributed by atoms with Crippen molar-refractivity contribution in [3.05, 3.63) is 29.6 Å². The van der Waals surface area contributed by atoms with Gasteiger partial charge in [0, 0.05) is 31.7 Å². The molecule has 0 bridgehead atoms. The van der Waals surface area contributed by atoms with E-state index in [9.17, 15) is 4.39 Å². The number of rotatable bonds is 4. The molecule has 0 saturated carbocycles. The van der Waals surface area contributed by atoms with Crippen LogP contribution in [0.4, 0.5) is 4.39 Å². The van der Waals surface area contributed by atoms with Crippen molar-refractivity contribution in [1.29, 1.82) is 0 Å². The number of nitrogens with one attached hydrogen (secondary N) is 1. The highest BCUT2D eigenvalue weighted by Gasteiger charge is 2.20. The molecule has 0 aromatic heterocycles. The molecule has 5 heteroatoms. The highest BCUT2D eigenvalue weighted by Crippen LogP contribution is 2.23. The number of nitrogens with zero attached hydrogens (tertiary/aromatic N) is 1. The lowest BCUT2D eigenvalue weighted by atomic mass is 9.98. The third-order valence-corrected chi connectivity index (χ3v) is 3.60. The molecule has 4 nitrogen and oxygen atoms in total. The van der Waals surface area contributed by atoms with E-state index < -0.39 is 0 Å². The van der Waals surface area contributed by atoms with Crippen LogP contribution in [0.5, 0.6) is 5.75 Å². The van der Waals surface area contributed by atoms with E-state index in [4.69, 9.17) is 10.5 Å². The van der Waals surface area contributed by atoms with E-state index in [2.05, 4.69) is 17.3 Å². The smallest absolute Gasteiger partial charge is 0.165 e. The minimum absolute atomic E-state index is 0.163. The van der Waals surface area contributed by atoms with Gasteiger partial charge in [0.1, 0.15) is 0 Å². The zero-order valence-corrected chi connectivity index (χ0v) is 11.5. The molecule has 19 heavy (non-hydrogen) atoms. The van der Waals surface area contributed by atoms with Crippen molar-refractivity contribution in [2.75, 3.05) is 33.8 Å². The molecule has 2 atom stereocenters. The molecule has 1 aromatic carbocycles. The van der Waals surface area contributed by atoms with Gasteiger partial charge in [-0.25, -0.2) is 4.39 Å². The molecule has 1 aliphatic heterocycles. The molecule has 1 saturated heterocycles. The average Bonchev–Trinajstić information content (AvgIpc) is 2.38. The van der Waals surface area contributed by atoms with Crippen LogP contribution >= 0.6 is 0 Å². The topological polar surface area (TPSA) is 50.5 Å². The fraction of sp³-hybridized carbons (Fsp3) is 0.571. The third-order valence-electron chi connectivity index (χ3n) is 3.60. The summed E-state index contributed by atoms with van der Waals surface area (Å²) in [4.78, 5) is 2.28. The molecule has 0 amide bonds. The van der Waals surface area contributed by atoms with E-state index >= 15 is 0 Å². The van der Waals surface area contributed by atoms with Gasteiger partial charge in [0.25, 0.3) is 0 Å². The second-order valence-corrected chi connectivity index (χ2v) is 5.15. The lowest BCUT2D eigenvalue weighted by molar-refractivity contribution is 0.225. The average molecular weight is 267 g/mol. The minimum Gasteiger partial charge on any atom is -0.494 e. The standard InChI is InChI=1S/C14H22FN3O/c1-18-6-5-17-11(9-18)8-13(16)10-3-4-14(19-2)12(15)7-10/h3-4,7,11,13,17H,5-6,8-9,16H2,1-2H3. The van der Waals surface area contributed by atoms with Gasteiger partial charge in [0.2, 0.25) is 0 Å². The third kappa shape index (κ3) is 3.65. The van der Waals surface area contributed by atoms with Gasteiger partial charge in [-0.3, -0.25) is 0 Å². The number of hydrogen-bond acceptors (Lipinski definition) is 4. The number of methoxy groups -OCH3 is 1.